The van der Waals surface area contributed by atoms with Gasteiger partial charge in [0.2, 0.25) is 5.91 Å². The SMILES string of the molecule is CC1CCCC(NC(=O)NC(=O)CSc2nnc(C3COc4ccccc4O3)n2C)C1C. The van der Waals surface area contributed by atoms with Gasteiger partial charge in [-0.2, -0.15) is 0 Å². The van der Waals surface area contributed by atoms with Crippen molar-refractivity contribution in [3.8, 4) is 11.5 Å². The molecule has 10 heteroatoms. The van der Waals surface area contributed by atoms with Gasteiger partial charge in [0.1, 0.15) is 6.61 Å². The Morgan fingerprint density at radius 2 is 1.97 bits per heavy atom. The first-order valence-corrected chi connectivity index (χ1v) is 11.9. The highest BCUT2D eigenvalue weighted by molar-refractivity contribution is 7.99. The molecule has 4 atom stereocenters. The Morgan fingerprint density at radius 3 is 2.78 bits per heavy atom. The molecule has 0 radical (unpaired) electrons. The Hall–Kier alpha value is -2.75. The molecule has 2 N–H and O–H groups in total. The van der Waals surface area contributed by atoms with Crippen LogP contribution in [0.2, 0.25) is 0 Å². The Labute approximate surface area is 191 Å². The van der Waals surface area contributed by atoms with E-state index in [1.165, 1.54) is 18.2 Å². The lowest BCUT2D eigenvalue weighted by atomic mass is 9.78. The van der Waals surface area contributed by atoms with Crippen molar-refractivity contribution in [3.63, 3.8) is 0 Å². The van der Waals surface area contributed by atoms with Crippen molar-refractivity contribution >= 4 is 23.7 Å². The maximum absolute atomic E-state index is 12.3. The average molecular weight is 460 g/mol. The van der Waals surface area contributed by atoms with E-state index in [2.05, 4.69) is 34.7 Å². The lowest BCUT2D eigenvalue weighted by Crippen LogP contribution is -2.49. The normalized spacial score (nSPS) is 24.6. The lowest BCUT2D eigenvalue weighted by molar-refractivity contribution is -0.117. The highest BCUT2D eigenvalue weighted by Gasteiger charge is 2.29. The first-order chi connectivity index (χ1) is 15.4. The fourth-order valence-corrected chi connectivity index (χ4v) is 4.88. The van der Waals surface area contributed by atoms with E-state index in [1.807, 2.05) is 31.3 Å². The van der Waals surface area contributed by atoms with Crippen molar-refractivity contribution in [3.05, 3.63) is 30.1 Å². The van der Waals surface area contributed by atoms with Gasteiger partial charge in [-0.25, -0.2) is 4.79 Å². The molecule has 1 fully saturated rings. The summed E-state index contributed by atoms with van der Waals surface area (Å²) >= 11 is 1.22. The van der Waals surface area contributed by atoms with E-state index in [0.29, 0.717) is 40.9 Å². The van der Waals surface area contributed by atoms with Crippen molar-refractivity contribution in [1.82, 2.24) is 25.4 Å². The number of carbonyl (C=O) groups is 2. The minimum atomic E-state index is -0.438. The van der Waals surface area contributed by atoms with Crippen LogP contribution in [0.15, 0.2) is 29.4 Å². The van der Waals surface area contributed by atoms with Gasteiger partial charge in [0, 0.05) is 13.1 Å². The van der Waals surface area contributed by atoms with Gasteiger partial charge in [-0.05, 0) is 30.4 Å². The molecule has 1 aliphatic carbocycles. The molecule has 2 aromatic rings. The van der Waals surface area contributed by atoms with Crippen LogP contribution in [-0.4, -0.2) is 45.1 Å². The molecule has 1 saturated carbocycles. The molecule has 4 rings (SSSR count). The van der Waals surface area contributed by atoms with E-state index in [9.17, 15) is 9.59 Å². The highest BCUT2D eigenvalue weighted by Crippen LogP contribution is 2.35. The molecule has 9 nitrogen and oxygen atoms in total. The third-order valence-electron chi connectivity index (χ3n) is 6.27. The zero-order chi connectivity index (χ0) is 22.7. The number of hydrogen-bond acceptors (Lipinski definition) is 7. The Bertz CT molecular complexity index is 981. The van der Waals surface area contributed by atoms with Crippen LogP contribution in [0.3, 0.4) is 0 Å². The Morgan fingerprint density at radius 1 is 1.19 bits per heavy atom. The number of aromatic nitrogens is 3. The Balaban J connectivity index is 1.28. The molecule has 0 spiro atoms. The number of rotatable bonds is 5. The number of carbonyl (C=O) groups excluding carboxylic acids is 2. The quantitative estimate of drug-likeness (QED) is 0.662. The minimum absolute atomic E-state index is 0.0564. The standard InChI is InChI=1S/C22H29N5O4S/c1-13-7-6-8-15(14(13)2)23-21(29)24-19(28)12-32-22-26-25-20(27(22)3)18-11-30-16-9-4-5-10-17(16)31-18/h4-5,9-10,13-15,18H,6-8,11-12H2,1-3H3,(H2,23,24,28,29). The number of imide groups is 1. The maximum atomic E-state index is 12.3. The molecule has 1 aliphatic heterocycles. The van der Waals surface area contributed by atoms with E-state index in [1.54, 1.807) is 4.57 Å². The zero-order valence-electron chi connectivity index (χ0n) is 18.5. The molecule has 2 aliphatic rings. The number of thioether (sulfide) groups is 1. The molecule has 2 heterocycles. The summed E-state index contributed by atoms with van der Waals surface area (Å²) in [7, 11) is 1.82. The van der Waals surface area contributed by atoms with E-state index in [-0.39, 0.29) is 17.7 Å². The molecular weight excluding hydrogens is 430 g/mol. The number of nitrogens with zero attached hydrogens (tertiary/aromatic N) is 3. The van der Waals surface area contributed by atoms with Gasteiger partial charge < -0.3 is 19.4 Å². The molecule has 172 valence electrons. The predicted molar refractivity (Wildman–Crippen MR) is 120 cm³/mol. The van der Waals surface area contributed by atoms with Gasteiger partial charge in [-0.15, -0.1) is 10.2 Å². The van der Waals surface area contributed by atoms with Crippen molar-refractivity contribution < 1.29 is 19.1 Å². The van der Waals surface area contributed by atoms with Crippen molar-refractivity contribution in [1.29, 1.82) is 0 Å². The summed E-state index contributed by atoms with van der Waals surface area (Å²) in [6, 6.07) is 7.13. The van der Waals surface area contributed by atoms with Gasteiger partial charge in [0.25, 0.3) is 0 Å². The summed E-state index contributed by atoms with van der Waals surface area (Å²) in [6.45, 7) is 4.68. The predicted octanol–water partition coefficient (Wildman–Crippen LogP) is 3.07. The van der Waals surface area contributed by atoms with Crippen molar-refractivity contribution in [2.75, 3.05) is 12.4 Å². The van der Waals surface area contributed by atoms with Crippen molar-refractivity contribution in [2.24, 2.45) is 18.9 Å². The summed E-state index contributed by atoms with van der Waals surface area (Å²) in [5.41, 5.74) is 0. The smallest absolute Gasteiger partial charge is 0.321 e. The molecule has 32 heavy (non-hydrogen) atoms. The minimum Gasteiger partial charge on any atom is -0.485 e. The molecule has 0 bridgehead atoms. The van der Waals surface area contributed by atoms with Crippen LogP contribution in [0.1, 0.15) is 45.0 Å². The first kappa shape index (κ1) is 22.4. The fraction of sp³-hybridized carbons (Fsp3) is 0.545. The highest BCUT2D eigenvalue weighted by atomic mass is 32.2. The van der Waals surface area contributed by atoms with Gasteiger partial charge in [-0.3, -0.25) is 10.1 Å². The molecule has 1 aromatic carbocycles. The van der Waals surface area contributed by atoms with E-state index in [0.717, 1.165) is 12.8 Å². The number of hydrogen-bond donors (Lipinski definition) is 2. The lowest BCUT2D eigenvalue weighted by Gasteiger charge is -2.34. The van der Waals surface area contributed by atoms with E-state index >= 15 is 0 Å². The summed E-state index contributed by atoms with van der Waals surface area (Å²) in [6.07, 6.45) is 2.83. The number of para-hydroxylation sites is 2. The third-order valence-corrected chi connectivity index (χ3v) is 7.29. The number of nitrogens with one attached hydrogen (secondary N) is 2. The van der Waals surface area contributed by atoms with Crippen LogP contribution in [0, 0.1) is 11.8 Å². The first-order valence-electron chi connectivity index (χ1n) is 10.9. The van der Waals surface area contributed by atoms with Crippen LogP contribution in [-0.2, 0) is 11.8 Å². The van der Waals surface area contributed by atoms with E-state index in [4.69, 9.17) is 9.47 Å². The molecule has 0 saturated heterocycles. The zero-order valence-corrected chi connectivity index (χ0v) is 19.4. The molecular formula is C22H29N5O4S. The van der Waals surface area contributed by atoms with Crippen molar-refractivity contribution in [2.45, 2.75) is 50.4 Å². The Kier molecular flexibility index (Phi) is 6.88. The number of fused-ring (bicyclic) bond motifs is 1. The third kappa shape index (κ3) is 5.01. The molecule has 3 amide bonds. The topological polar surface area (TPSA) is 107 Å². The van der Waals surface area contributed by atoms with E-state index < -0.39 is 12.1 Å². The van der Waals surface area contributed by atoms with Gasteiger partial charge >= 0.3 is 6.03 Å². The summed E-state index contributed by atoms with van der Waals surface area (Å²) in [4.78, 5) is 24.5. The average Bonchev–Trinajstić information content (AvgIpc) is 3.15. The largest absolute Gasteiger partial charge is 0.485 e. The second kappa shape index (κ2) is 9.81. The van der Waals surface area contributed by atoms with Gasteiger partial charge in [0.15, 0.2) is 28.6 Å². The number of amides is 3. The number of urea groups is 1. The van der Waals surface area contributed by atoms with Crippen LogP contribution < -0.4 is 20.1 Å². The summed E-state index contributed by atoms with van der Waals surface area (Å²) in [5, 5.41) is 14.3. The number of benzene rings is 1. The van der Waals surface area contributed by atoms with Gasteiger partial charge in [0.05, 0.1) is 5.75 Å². The monoisotopic (exact) mass is 459 g/mol. The van der Waals surface area contributed by atoms with Crippen LogP contribution >= 0.6 is 11.8 Å². The summed E-state index contributed by atoms with van der Waals surface area (Å²) < 4.78 is 13.5. The molecule has 4 unspecified atom stereocenters. The molecule has 1 aromatic heterocycles. The second-order valence-electron chi connectivity index (χ2n) is 8.45. The second-order valence-corrected chi connectivity index (χ2v) is 9.39. The maximum Gasteiger partial charge on any atom is 0.321 e. The van der Waals surface area contributed by atoms with Crippen LogP contribution in [0.5, 0.6) is 11.5 Å². The summed E-state index contributed by atoms with van der Waals surface area (Å²) in [5.74, 6) is 2.62. The number of ether oxygens (including phenoxy) is 2. The van der Waals surface area contributed by atoms with Crippen LogP contribution in [0.25, 0.3) is 0 Å². The fourth-order valence-electron chi connectivity index (χ4n) is 4.16. The van der Waals surface area contributed by atoms with Crippen LogP contribution in [0.4, 0.5) is 4.79 Å². The van der Waals surface area contributed by atoms with Gasteiger partial charge in [-0.1, -0.05) is 50.6 Å².